The molecule has 2 heterocycles. The van der Waals surface area contributed by atoms with Crippen molar-refractivity contribution in [3.63, 3.8) is 0 Å². The Labute approximate surface area is 196 Å². The van der Waals surface area contributed by atoms with Gasteiger partial charge in [0.1, 0.15) is 5.82 Å². The second-order valence-electron chi connectivity index (χ2n) is 7.33. The maximum Gasteiger partial charge on any atom is 0.490 e. The van der Waals surface area contributed by atoms with Gasteiger partial charge in [0.25, 0.3) is 0 Å². The van der Waals surface area contributed by atoms with Crippen LogP contribution in [0, 0.1) is 5.82 Å². The molecule has 1 aliphatic rings. The molecular weight excluding hydrogens is 480 g/mol. The number of urea groups is 1. The number of amides is 2. The number of nitrogens with zero attached hydrogens (tertiary/aromatic N) is 2. The fourth-order valence-electron chi connectivity index (χ4n) is 3.36. The lowest BCUT2D eigenvalue weighted by atomic mass is 10.2. The van der Waals surface area contributed by atoms with Gasteiger partial charge in [0.15, 0.2) is 0 Å². The number of hydrogen-bond donors (Lipinski definition) is 3. The summed E-state index contributed by atoms with van der Waals surface area (Å²) in [5, 5.41) is 14.5. The van der Waals surface area contributed by atoms with Gasteiger partial charge in [-0.15, -0.1) is 0 Å². The maximum atomic E-state index is 12.9. The Balaban J connectivity index is 0.000000406. The summed E-state index contributed by atoms with van der Waals surface area (Å²) in [4.78, 5) is 27.7. The van der Waals surface area contributed by atoms with Gasteiger partial charge in [-0.3, -0.25) is 4.98 Å². The van der Waals surface area contributed by atoms with Crippen molar-refractivity contribution in [2.24, 2.45) is 0 Å². The topological polar surface area (TPSA) is 94.6 Å². The number of aromatic nitrogens is 1. The quantitative estimate of drug-likeness (QED) is 0.439. The Morgan fingerprint density at radius 2 is 1.79 bits per heavy atom. The molecule has 1 unspecified atom stereocenters. The number of fused-ring (bicyclic) bond motifs is 1. The van der Waals surface area contributed by atoms with Gasteiger partial charge in [-0.05, 0) is 55.0 Å². The van der Waals surface area contributed by atoms with E-state index < -0.39 is 12.1 Å². The van der Waals surface area contributed by atoms with Crippen LogP contribution >= 0.6 is 11.6 Å². The number of hydrogen-bond acceptors (Lipinski definition) is 4. The van der Waals surface area contributed by atoms with Crippen LogP contribution in [0.5, 0.6) is 0 Å². The molecule has 0 aliphatic carbocycles. The van der Waals surface area contributed by atoms with Crippen molar-refractivity contribution in [1.82, 2.24) is 10.3 Å². The number of anilines is 2. The summed E-state index contributed by atoms with van der Waals surface area (Å²) < 4.78 is 44.7. The molecule has 34 heavy (non-hydrogen) atoms. The van der Waals surface area contributed by atoms with Crippen LogP contribution in [0.3, 0.4) is 0 Å². The van der Waals surface area contributed by atoms with E-state index in [0.717, 1.165) is 29.6 Å². The second kappa shape index (κ2) is 10.6. The summed E-state index contributed by atoms with van der Waals surface area (Å²) in [7, 11) is 0. The molecule has 1 fully saturated rings. The Kier molecular flexibility index (Phi) is 7.77. The number of nitrogens with one attached hydrogen (secondary N) is 2. The lowest BCUT2D eigenvalue weighted by molar-refractivity contribution is -0.192. The average molecular weight is 499 g/mol. The highest BCUT2D eigenvalue weighted by atomic mass is 35.5. The van der Waals surface area contributed by atoms with Crippen molar-refractivity contribution in [3.8, 4) is 0 Å². The molecule has 4 rings (SSSR count). The predicted molar refractivity (Wildman–Crippen MR) is 120 cm³/mol. The third-order valence-electron chi connectivity index (χ3n) is 4.89. The second-order valence-corrected chi connectivity index (χ2v) is 7.77. The van der Waals surface area contributed by atoms with Crippen LogP contribution in [0.4, 0.5) is 33.7 Å². The first-order valence-corrected chi connectivity index (χ1v) is 10.3. The fourth-order valence-corrected chi connectivity index (χ4v) is 3.53. The van der Waals surface area contributed by atoms with Gasteiger partial charge in [0, 0.05) is 47.1 Å². The molecule has 0 saturated carbocycles. The molecule has 7 nitrogen and oxygen atoms in total. The minimum atomic E-state index is -5.08. The van der Waals surface area contributed by atoms with Crippen LogP contribution in [0.1, 0.15) is 6.42 Å². The number of alkyl halides is 3. The van der Waals surface area contributed by atoms with Crippen molar-refractivity contribution in [2.75, 3.05) is 23.3 Å². The van der Waals surface area contributed by atoms with E-state index in [-0.39, 0.29) is 17.9 Å². The molecule has 2 aromatic carbocycles. The van der Waals surface area contributed by atoms with Crippen LogP contribution < -0.4 is 15.5 Å². The highest BCUT2D eigenvalue weighted by Gasteiger charge is 2.38. The van der Waals surface area contributed by atoms with Crippen molar-refractivity contribution < 1.29 is 32.3 Å². The molecule has 0 radical (unpaired) electrons. The molecule has 1 aliphatic heterocycles. The van der Waals surface area contributed by atoms with Gasteiger partial charge < -0.3 is 20.6 Å². The summed E-state index contributed by atoms with van der Waals surface area (Å²) >= 11 is 6.06. The van der Waals surface area contributed by atoms with Gasteiger partial charge in [-0.1, -0.05) is 11.6 Å². The van der Waals surface area contributed by atoms with E-state index in [4.69, 9.17) is 21.5 Å². The largest absolute Gasteiger partial charge is 0.490 e. The van der Waals surface area contributed by atoms with Crippen molar-refractivity contribution in [3.05, 3.63) is 65.6 Å². The summed E-state index contributed by atoms with van der Waals surface area (Å²) in [5.41, 5.74) is 2.49. The average Bonchev–Trinajstić information content (AvgIpc) is 3.22. The molecule has 12 heteroatoms. The first-order chi connectivity index (χ1) is 16.0. The van der Waals surface area contributed by atoms with Crippen LogP contribution in [-0.2, 0) is 4.79 Å². The standard InChI is InChI=1S/C20H18ClFN4O.C2HF3O2/c21-13-1-6-17-18(11-13)23-9-7-19(17)26-10-8-16(12-26)25-20(27)24-15-4-2-14(22)3-5-15;3-2(4,5)1(6)7/h1-7,9,11,16H,8,10,12H2,(H2,24,25,27);(H,6,7). The minimum Gasteiger partial charge on any atom is -0.475 e. The Morgan fingerprint density at radius 3 is 2.44 bits per heavy atom. The molecule has 1 aromatic heterocycles. The summed E-state index contributed by atoms with van der Waals surface area (Å²) in [6, 6.07) is 13.1. The number of aliphatic carboxylic acids is 1. The number of carboxylic acid groups (broad SMARTS) is 1. The lowest BCUT2D eigenvalue weighted by Crippen LogP contribution is -2.39. The third kappa shape index (κ3) is 6.70. The number of carbonyl (C=O) groups excluding carboxylic acids is 1. The molecule has 1 atom stereocenters. The molecule has 3 aromatic rings. The van der Waals surface area contributed by atoms with Gasteiger partial charge in [-0.25, -0.2) is 14.0 Å². The third-order valence-corrected chi connectivity index (χ3v) is 5.13. The normalized spacial score (nSPS) is 15.4. The van der Waals surface area contributed by atoms with Gasteiger partial charge in [-0.2, -0.15) is 13.2 Å². The van der Waals surface area contributed by atoms with Crippen molar-refractivity contribution in [2.45, 2.75) is 18.6 Å². The van der Waals surface area contributed by atoms with Crippen LogP contribution in [-0.4, -0.2) is 47.4 Å². The number of carbonyl (C=O) groups is 2. The zero-order valence-electron chi connectivity index (χ0n) is 17.4. The molecule has 180 valence electrons. The number of benzene rings is 2. The Hall–Kier alpha value is -3.60. The number of pyridine rings is 1. The minimum absolute atomic E-state index is 0.0287. The zero-order chi connectivity index (χ0) is 24.9. The maximum absolute atomic E-state index is 12.9. The van der Waals surface area contributed by atoms with Crippen molar-refractivity contribution in [1.29, 1.82) is 0 Å². The van der Waals surface area contributed by atoms with E-state index >= 15 is 0 Å². The van der Waals surface area contributed by atoms with E-state index in [0.29, 0.717) is 17.3 Å². The first-order valence-electron chi connectivity index (χ1n) is 9.95. The van der Waals surface area contributed by atoms with Crippen molar-refractivity contribution >= 4 is 45.9 Å². The lowest BCUT2D eigenvalue weighted by Gasteiger charge is -2.21. The van der Waals surface area contributed by atoms with E-state index in [1.54, 1.807) is 6.20 Å². The van der Waals surface area contributed by atoms with Gasteiger partial charge in [0.2, 0.25) is 0 Å². The SMILES string of the molecule is O=C(Nc1ccc(F)cc1)NC1CCN(c2ccnc3cc(Cl)ccc23)C1.O=C(O)C(F)(F)F. The Morgan fingerprint density at radius 1 is 1.12 bits per heavy atom. The van der Waals surface area contributed by atoms with Crippen LogP contribution in [0.25, 0.3) is 10.9 Å². The molecule has 0 spiro atoms. The summed E-state index contributed by atoms with van der Waals surface area (Å²) in [6.07, 6.45) is -2.47. The summed E-state index contributed by atoms with van der Waals surface area (Å²) in [6.45, 7) is 1.54. The number of carboxylic acids is 1. The smallest absolute Gasteiger partial charge is 0.475 e. The molecular formula is C22H19ClF4N4O3. The van der Waals surface area contributed by atoms with E-state index in [9.17, 15) is 22.4 Å². The molecule has 0 bridgehead atoms. The van der Waals surface area contributed by atoms with Crippen LogP contribution in [0.2, 0.25) is 5.02 Å². The van der Waals surface area contributed by atoms with Gasteiger partial charge >= 0.3 is 18.2 Å². The molecule has 3 N–H and O–H groups in total. The van der Waals surface area contributed by atoms with Crippen LogP contribution in [0.15, 0.2) is 54.7 Å². The first kappa shape index (κ1) is 25.0. The molecule has 1 saturated heterocycles. The summed E-state index contributed by atoms with van der Waals surface area (Å²) in [5.74, 6) is -3.09. The van der Waals surface area contributed by atoms with E-state index in [2.05, 4.69) is 20.5 Å². The monoisotopic (exact) mass is 498 g/mol. The van der Waals surface area contributed by atoms with Gasteiger partial charge in [0.05, 0.1) is 5.52 Å². The number of halogens is 5. The number of rotatable bonds is 3. The highest BCUT2D eigenvalue weighted by Crippen LogP contribution is 2.29. The highest BCUT2D eigenvalue weighted by molar-refractivity contribution is 6.31. The Bertz CT molecular complexity index is 1180. The fraction of sp³-hybridized carbons (Fsp3) is 0.227. The predicted octanol–water partition coefficient (Wildman–Crippen LogP) is 5.06. The zero-order valence-corrected chi connectivity index (χ0v) is 18.2. The van der Waals surface area contributed by atoms with E-state index in [1.807, 2.05) is 24.3 Å². The molecule has 2 amide bonds. The van der Waals surface area contributed by atoms with E-state index in [1.165, 1.54) is 24.3 Å².